The van der Waals surface area contributed by atoms with E-state index in [0.29, 0.717) is 25.5 Å². The first-order valence-electron chi connectivity index (χ1n) is 6.16. The van der Waals surface area contributed by atoms with E-state index < -0.39 is 0 Å². The number of hydrogen-bond acceptors (Lipinski definition) is 3. The average Bonchev–Trinajstić information content (AvgIpc) is 2.45. The lowest BCUT2D eigenvalue weighted by Gasteiger charge is -2.08. The van der Waals surface area contributed by atoms with Crippen LogP contribution in [-0.4, -0.2) is 18.3 Å². The van der Waals surface area contributed by atoms with Gasteiger partial charge in [0.15, 0.2) is 0 Å². The number of ether oxygens (including phenoxy) is 2. The summed E-state index contributed by atoms with van der Waals surface area (Å²) in [4.78, 5) is 11.8. The van der Waals surface area contributed by atoms with Crippen molar-refractivity contribution in [3.63, 3.8) is 0 Å². The highest BCUT2D eigenvalue weighted by molar-refractivity contribution is 5.20. The van der Waals surface area contributed by atoms with Gasteiger partial charge in [-0.2, -0.15) is 0 Å². The maximum Gasteiger partial charge on any atom is 0.254 e. The van der Waals surface area contributed by atoms with E-state index in [1.807, 2.05) is 30.3 Å². The van der Waals surface area contributed by atoms with E-state index in [2.05, 4.69) is 0 Å². The molecule has 0 saturated heterocycles. The van der Waals surface area contributed by atoms with Crippen LogP contribution >= 0.6 is 0 Å². The molecule has 0 aliphatic rings. The Labute approximate surface area is 112 Å². The lowest BCUT2D eigenvalue weighted by Crippen LogP contribution is -2.20. The summed E-state index contributed by atoms with van der Waals surface area (Å²) >= 11 is 0. The van der Waals surface area contributed by atoms with Crippen LogP contribution in [0, 0.1) is 0 Å². The zero-order chi connectivity index (χ0) is 13.5. The second-order valence-corrected chi connectivity index (χ2v) is 4.16. The van der Waals surface area contributed by atoms with Gasteiger partial charge in [0, 0.05) is 25.9 Å². The van der Waals surface area contributed by atoms with Crippen molar-refractivity contribution in [3.8, 4) is 5.75 Å². The summed E-state index contributed by atoms with van der Waals surface area (Å²) < 4.78 is 12.1. The van der Waals surface area contributed by atoms with Crippen molar-refractivity contribution in [3.05, 3.63) is 64.6 Å². The highest BCUT2D eigenvalue weighted by Gasteiger charge is 2.00. The molecule has 4 heteroatoms. The van der Waals surface area contributed by atoms with Gasteiger partial charge in [0.05, 0.1) is 6.61 Å². The van der Waals surface area contributed by atoms with Crippen molar-refractivity contribution in [1.29, 1.82) is 0 Å². The Balaban J connectivity index is 1.98. The Morgan fingerprint density at radius 1 is 1.16 bits per heavy atom. The lowest BCUT2D eigenvalue weighted by atomic mass is 10.2. The summed E-state index contributed by atoms with van der Waals surface area (Å²) in [5, 5.41) is 0. The van der Waals surface area contributed by atoms with E-state index in [9.17, 15) is 4.79 Å². The molecule has 0 N–H and O–H groups in total. The zero-order valence-corrected chi connectivity index (χ0v) is 10.9. The molecule has 0 saturated carbocycles. The quantitative estimate of drug-likeness (QED) is 0.797. The van der Waals surface area contributed by atoms with E-state index >= 15 is 0 Å². The summed E-state index contributed by atoms with van der Waals surface area (Å²) in [7, 11) is 1.61. The molecule has 0 unspecified atom stereocenters. The molecule has 19 heavy (non-hydrogen) atoms. The monoisotopic (exact) mass is 259 g/mol. The number of hydrogen-bond donors (Lipinski definition) is 0. The van der Waals surface area contributed by atoms with Gasteiger partial charge >= 0.3 is 0 Å². The summed E-state index contributed by atoms with van der Waals surface area (Å²) in [5.74, 6) is 0.586. The first-order valence-corrected chi connectivity index (χ1v) is 6.16. The molecule has 0 amide bonds. The van der Waals surface area contributed by atoms with E-state index in [1.54, 1.807) is 23.9 Å². The van der Waals surface area contributed by atoms with E-state index in [1.165, 1.54) is 6.07 Å². The average molecular weight is 259 g/mol. The molecule has 1 heterocycles. The van der Waals surface area contributed by atoms with Gasteiger partial charge in [-0.25, -0.2) is 0 Å². The topological polar surface area (TPSA) is 40.5 Å². The molecule has 0 radical (unpaired) electrons. The van der Waals surface area contributed by atoms with Crippen molar-refractivity contribution in [2.75, 3.05) is 13.7 Å². The van der Waals surface area contributed by atoms with E-state index in [0.717, 1.165) is 5.56 Å². The number of benzene rings is 1. The Hall–Kier alpha value is -2.07. The summed E-state index contributed by atoms with van der Waals surface area (Å²) in [6.07, 6.45) is 1.72. The molecule has 1 aromatic carbocycles. The van der Waals surface area contributed by atoms with Crippen molar-refractivity contribution in [1.82, 2.24) is 4.57 Å². The molecule has 1 aromatic heterocycles. The van der Waals surface area contributed by atoms with E-state index in [-0.39, 0.29) is 5.56 Å². The minimum absolute atomic E-state index is 0.0809. The fourth-order valence-corrected chi connectivity index (χ4v) is 1.69. The third-order valence-electron chi connectivity index (χ3n) is 2.75. The third kappa shape index (κ3) is 3.96. The van der Waals surface area contributed by atoms with Gasteiger partial charge in [-0.05, 0) is 11.6 Å². The minimum atomic E-state index is -0.0809. The second kappa shape index (κ2) is 6.75. The fourth-order valence-electron chi connectivity index (χ4n) is 1.69. The van der Waals surface area contributed by atoms with Gasteiger partial charge in [0.2, 0.25) is 0 Å². The van der Waals surface area contributed by atoms with Crippen LogP contribution in [0.4, 0.5) is 0 Å². The van der Waals surface area contributed by atoms with Gasteiger partial charge in [0.1, 0.15) is 12.4 Å². The molecular weight excluding hydrogens is 242 g/mol. The number of nitrogens with zero attached hydrogens (tertiary/aromatic N) is 1. The molecule has 0 fully saturated rings. The van der Waals surface area contributed by atoms with Gasteiger partial charge in [-0.15, -0.1) is 0 Å². The molecule has 100 valence electrons. The van der Waals surface area contributed by atoms with Crippen molar-refractivity contribution in [2.24, 2.45) is 0 Å². The summed E-state index contributed by atoms with van der Waals surface area (Å²) in [5.41, 5.74) is 0.994. The van der Waals surface area contributed by atoms with Gasteiger partial charge in [-0.1, -0.05) is 30.3 Å². The van der Waals surface area contributed by atoms with Gasteiger partial charge in [-0.3, -0.25) is 4.79 Å². The highest BCUT2D eigenvalue weighted by Crippen LogP contribution is 2.09. The normalized spacial score (nSPS) is 10.4. The number of methoxy groups -OCH3 is 1. The zero-order valence-electron chi connectivity index (χ0n) is 10.9. The fraction of sp³-hybridized carbons (Fsp3) is 0.267. The maximum atomic E-state index is 11.8. The van der Waals surface area contributed by atoms with Crippen molar-refractivity contribution >= 4 is 0 Å². The molecule has 0 spiro atoms. The van der Waals surface area contributed by atoms with Gasteiger partial charge < -0.3 is 14.0 Å². The van der Waals surface area contributed by atoms with Gasteiger partial charge in [0.25, 0.3) is 5.56 Å². The molecule has 0 aliphatic heterocycles. The van der Waals surface area contributed by atoms with E-state index in [4.69, 9.17) is 9.47 Å². The Kier molecular flexibility index (Phi) is 4.75. The van der Waals surface area contributed by atoms with Crippen LogP contribution in [0.15, 0.2) is 53.5 Å². The van der Waals surface area contributed by atoms with Crippen LogP contribution in [0.2, 0.25) is 0 Å². The SMILES string of the molecule is COCCn1ccc(OCc2ccccc2)cc1=O. The minimum Gasteiger partial charge on any atom is -0.489 e. The molecule has 2 aromatic rings. The molecule has 0 aliphatic carbocycles. The molecule has 0 bridgehead atoms. The Morgan fingerprint density at radius 3 is 2.63 bits per heavy atom. The van der Waals surface area contributed by atoms with Crippen LogP contribution in [0.25, 0.3) is 0 Å². The highest BCUT2D eigenvalue weighted by atomic mass is 16.5. The van der Waals surface area contributed by atoms with Crippen molar-refractivity contribution < 1.29 is 9.47 Å². The Bertz CT molecular complexity index is 563. The maximum absolute atomic E-state index is 11.8. The molecule has 4 nitrogen and oxygen atoms in total. The number of rotatable bonds is 6. The first kappa shape index (κ1) is 13.4. The molecular formula is C15H17NO3. The largest absolute Gasteiger partial charge is 0.489 e. The smallest absolute Gasteiger partial charge is 0.254 e. The van der Waals surface area contributed by atoms with Crippen LogP contribution in [0.5, 0.6) is 5.75 Å². The predicted octanol–water partition coefficient (Wildman–Crippen LogP) is 2.07. The number of aromatic nitrogens is 1. The predicted molar refractivity (Wildman–Crippen MR) is 73.4 cm³/mol. The van der Waals surface area contributed by atoms with Crippen molar-refractivity contribution in [2.45, 2.75) is 13.2 Å². The summed E-state index contributed by atoms with van der Waals surface area (Å²) in [6.45, 7) is 1.53. The molecule has 2 rings (SSSR count). The number of pyridine rings is 1. The molecule has 0 atom stereocenters. The van der Waals surface area contributed by atoms with Crippen LogP contribution < -0.4 is 10.3 Å². The first-order chi connectivity index (χ1) is 9.29. The lowest BCUT2D eigenvalue weighted by molar-refractivity contribution is 0.186. The third-order valence-corrected chi connectivity index (χ3v) is 2.75. The summed E-state index contributed by atoms with van der Waals surface area (Å²) in [6, 6.07) is 13.1. The second-order valence-electron chi connectivity index (χ2n) is 4.16. The van der Waals surface area contributed by atoms with Crippen LogP contribution in [-0.2, 0) is 17.9 Å². The standard InChI is InChI=1S/C15H17NO3/c1-18-10-9-16-8-7-14(11-15(16)17)19-12-13-5-3-2-4-6-13/h2-8,11H,9-10,12H2,1H3. The van der Waals surface area contributed by atoms with Crippen LogP contribution in [0.1, 0.15) is 5.56 Å². The van der Waals surface area contributed by atoms with Crippen LogP contribution in [0.3, 0.4) is 0 Å². The Morgan fingerprint density at radius 2 is 1.95 bits per heavy atom.